The van der Waals surface area contributed by atoms with E-state index in [0.717, 1.165) is 12.1 Å². The number of hydrogen-bond acceptors (Lipinski definition) is 7. The summed E-state index contributed by atoms with van der Waals surface area (Å²) in [6.07, 6.45) is 1.45. The number of pyridine rings is 1. The number of aryl methyl sites for hydroxylation is 1. The molecule has 0 atom stereocenters. The van der Waals surface area contributed by atoms with E-state index in [1.807, 2.05) is 0 Å². The minimum absolute atomic E-state index is 0.0889. The van der Waals surface area contributed by atoms with Gasteiger partial charge in [0.25, 0.3) is 5.56 Å². The maximum atomic E-state index is 14.2. The molecule has 0 amide bonds. The lowest BCUT2D eigenvalue weighted by atomic mass is 10.0. The SMILES string of the molecule is CCS(=O)(=O)Nc1ccc(Oc2ccc(F)cc2F)c(-c2cn(C)c(=O)c(N=N)c2NC)c1. The van der Waals surface area contributed by atoms with Crippen molar-refractivity contribution in [3.05, 3.63) is 64.6 Å². The summed E-state index contributed by atoms with van der Waals surface area (Å²) in [5.74, 6) is -2.05. The van der Waals surface area contributed by atoms with E-state index < -0.39 is 27.2 Å². The zero-order chi connectivity index (χ0) is 24.3. The molecule has 9 nitrogen and oxygen atoms in total. The number of nitrogens with one attached hydrogen (secondary N) is 3. The van der Waals surface area contributed by atoms with Crippen LogP contribution in [0.2, 0.25) is 0 Å². The summed E-state index contributed by atoms with van der Waals surface area (Å²) in [5.41, 5.74) is 7.68. The van der Waals surface area contributed by atoms with E-state index in [1.54, 1.807) is 0 Å². The Labute approximate surface area is 188 Å². The Kier molecular flexibility index (Phi) is 6.77. The first kappa shape index (κ1) is 23.9. The molecule has 0 fully saturated rings. The number of rotatable bonds is 8. The monoisotopic (exact) mass is 477 g/mol. The highest BCUT2D eigenvalue weighted by Crippen LogP contribution is 2.41. The molecule has 0 radical (unpaired) electrons. The fourth-order valence-electron chi connectivity index (χ4n) is 3.10. The van der Waals surface area contributed by atoms with Gasteiger partial charge in [-0.15, -0.1) is 0 Å². The van der Waals surface area contributed by atoms with E-state index in [2.05, 4.69) is 15.2 Å². The van der Waals surface area contributed by atoms with E-state index in [9.17, 15) is 22.0 Å². The third-order valence-corrected chi connectivity index (χ3v) is 6.06. The van der Waals surface area contributed by atoms with Crippen molar-refractivity contribution in [2.45, 2.75) is 6.92 Å². The Bertz CT molecular complexity index is 1390. The van der Waals surface area contributed by atoms with E-state index >= 15 is 0 Å². The zero-order valence-electron chi connectivity index (χ0n) is 17.9. The molecule has 1 heterocycles. The van der Waals surface area contributed by atoms with Gasteiger partial charge in [0, 0.05) is 43.2 Å². The van der Waals surface area contributed by atoms with E-state index in [-0.39, 0.29) is 39.9 Å². The molecule has 3 rings (SSSR count). The number of hydrogen-bond donors (Lipinski definition) is 3. The van der Waals surface area contributed by atoms with Gasteiger partial charge in [0.05, 0.1) is 11.4 Å². The molecule has 0 unspecified atom stereocenters. The van der Waals surface area contributed by atoms with Crippen molar-refractivity contribution in [3.63, 3.8) is 0 Å². The minimum atomic E-state index is -3.61. The van der Waals surface area contributed by atoms with Crippen molar-refractivity contribution in [3.8, 4) is 22.6 Å². The summed E-state index contributed by atoms with van der Waals surface area (Å²) in [6.45, 7) is 1.48. The van der Waals surface area contributed by atoms with Gasteiger partial charge >= 0.3 is 0 Å². The van der Waals surface area contributed by atoms with Gasteiger partial charge in [-0.25, -0.2) is 22.7 Å². The molecule has 0 saturated carbocycles. The average Bonchev–Trinajstić information content (AvgIpc) is 2.77. The first-order valence-electron chi connectivity index (χ1n) is 9.66. The quantitative estimate of drug-likeness (QED) is 0.409. The lowest BCUT2D eigenvalue weighted by Crippen LogP contribution is -2.18. The summed E-state index contributed by atoms with van der Waals surface area (Å²) >= 11 is 0. The van der Waals surface area contributed by atoms with Crippen LogP contribution >= 0.6 is 0 Å². The smallest absolute Gasteiger partial charge is 0.280 e. The number of benzene rings is 2. The molecule has 0 aliphatic heterocycles. The van der Waals surface area contributed by atoms with E-state index in [1.165, 1.54) is 50.0 Å². The molecule has 2 aromatic carbocycles. The van der Waals surface area contributed by atoms with Crippen LogP contribution < -0.4 is 20.3 Å². The van der Waals surface area contributed by atoms with Crippen molar-refractivity contribution in [2.24, 2.45) is 12.2 Å². The first-order chi connectivity index (χ1) is 15.6. The first-order valence-corrected chi connectivity index (χ1v) is 11.3. The second-order valence-corrected chi connectivity index (χ2v) is 8.95. The highest BCUT2D eigenvalue weighted by atomic mass is 32.2. The van der Waals surface area contributed by atoms with Crippen molar-refractivity contribution < 1.29 is 21.9 Å². The molecule has 1 aromatic heterocycles. The third-order valence-electron chi connectivity index (χ3n) is 4.75. The van der Waals surface area contributed by atoms with E-state index in [0.29, 0.717) is 11.6 Å². The lowest BCUT2D eigenvalue weighted by molar-refractivity contribution is 0.439. The van der Waals surface area contributed by atoms with Gasteiger partial charge in [0.15, 0.2) is 17.3 Å². The predicted molar refractivity (Wildman–Crippen MR) is 121 cm³/mol. The number of halogens is 2. The molecule has 33 heavy (non-hydrogen) atoms. The molecular weight excluding hydrogens is 456 g/mol. The van der Waals surface area contributed by atoms with Gasteiger partial charge in [0.2, 0.25) is 10.0 Å². The van der Waals surface area contributed by atoms with Gasteiger partial charge in [-0.2, -0.15) is 5.11 Å². The highest BCUT2D eigenvalue weighted by molar-refractivity contribution is 7.92. The number of nitrogens with zero attached hydrogens (tertiary/aromatic N) is 2. The Morgan fingerprint density at radius 3 is 2.42 bits per heavy atom. The van der Waals surface area contributed by atoms with Crippen LogP contribution in [0.4, 0.5) is 25.8 Å². The number of aromatic nitrogens is 1. The second-order valence-electron chi connectivity index (χ2n) is 6.94. The summed E-state index contributed by atoms with van der Waals surface area (Å²) in [7, 11) is -0.623. The molecule has 0 saturated heterocycles. The number of ether oxygens (including phenoxy) is 1. The maximum absolute atomic E-state index is 14.2. The van der Waals surface area contributed by atoms with Crippen LogP contribution in [0.15, 0.2) is 52.5 Å². The molecule has 3 aromatic rings. The molecule has 174 valence electrons. The Morgan fingerprint density at radius 2 is 1.82 bits per heavy atom. The van der Waals surface area contributed by atoms with Crippen molar-refractivity contribution >= 4 is 27.1 Å². The minimum Gasteiger partial charge on any atom is -0.454 e. The molecule has 3 N–H and O–H groups in total. The van der Waals surface area contributed by atoms with Crippen LogP contribution in [-0.2, 0) is 17.1 Å². The maximum Gasteiger partial charge on any atom is 0.280 e. The van der Waals surface area contributed by atoms with Gasteiger partial charge in [-0.3, -0.25) is 9.52 Å². The normalized spacial score (nSPS) is 11.2. The predicted octanol–water partition coefficient (Wildman–Crippen LogP) is 4.59. The number of anilines is 2. The Balaban J connectivity index is 2.27. The highest BCUT2D eigenvalue weighted by Gasteiger charge is 2.20. The topological polar surface area (TPSA) is 126 Å². The molecule has 12 heteroatoms. The van der Waals surface area contributed by atoms with Crippen LogP contribution in [0.25, 0.3) is 11.1 Å². The molecule has 0 bridgehead atoms. The van der Waals surface area contributed by atoms with Crippen LogP contribution in [-0.4, -0.2) is 25.8 Å². The van der Waals surface area contributed by atoms with Crippen LogP contribution in [0, 0.1) is 17.2 Å². The molecule has 0 spiro atoms. The summed E-state index contributed by atoms with van der Waals surface area (Å²) in [6, 6.07) is 7.09. The van der Waals surface area contributed by atoms with Crippen LogP contribution in [0.3, 0.4) is 0 Å². The molecule has 0 aliphatic rings. The zero-order valence-corrected chi connectivity index (χ0v) is 18.8. The standard InChI is InChI=1S/C21H21F2N5O4S/c1-4-33(30,31)27-13-6-8-17(32-18-7-5-12(22)9-16(18)23)14(10-13)15-11-28(3)21(29)20(26-24)19(15)25-2/h5-11,24-25,27H,4H2,1-3H3. The largest absolute Gasteiger partial charge is 0.454 e. The summed E-state index contributed by atoms with van der Waals surface area (Å²) < 4.78 is 61.0. The third kappa shape index (κ3) is 5.00. The van der Waals surface area contributed by atoms with Crippen LogP contribution in [0.5, 0.6) is 11.5 Å². The van der Waals surface area contributed by atoms with Gasteiger partial charge in [-0.1, -0.05) is 0 Å². The van der Waals surface area contributed by atoms with Gasteiger partial charge in [0.1, 0.15) is 11.6 Å². The molecule has 0 aliphatic carbocycles. The fraction of sp³-hybridized carbons (Fsp3) is 0.190. The Hall–Kier alpha value is -3.80. The van der Waals surface area contributed by atoms with E-state index in [4.69, 9.17) is 10.3 Å². The van der Waals surface area contributed by atoms with Crippen molar-refractivity contribution in [2.75, 3.05) is 22.8 Å². The van der Waals surface area contributed by atoms with Crippen molar-refractivity contribution in [1.29, 1.82) is 5.53 Å². The van der Waals surface area contributed by atoms with Gasteiger partial charge in [-0.05, 0) is 37.3 Å². The summed E-state index contributed by atoms with van der Waals surface area (Å²) in [4.78, 5) is 12.4. The Morgan fingerprint density at radius 1 is 1.12 bits per heavy atom. The van der Waals surface area contributed by atoms with Gasteiger partial charge < -0.3 is 14.6 Å². The lowest BCUT2D eigenvalue weighted by Gasteiger charge is -2.18. The average molecular weight is 477 g/mol. The second kappa shape index (κ2) is 9.36. The van der Waals surface area contributed by atoms with Crippen LogP contribution in [0.1, 0.15) is 6.92 Å². The summed E-state index contributed by atoms with van der Waals surface area (Å²) in [5, 5.41) is 6.15. The number of sulfonamides is 1. The molecular formula is C21H21F2N5O4S. The fourth-order valence-corrected chi connectivity index (χ4v) is 3.73. The van der Waals surface area contributed by atoms with Crippen molar-refractivity contribution in [1.82, 2.24) is 4.57 Å².